The fourth-order valence-corrected chi connectivity index (χ4v) is 1.83. The highest BCUT2D eigenvalue weighted by molar-refractivity contribution is 4.81. The van der Waals surface area contributed by atoms with Gasteiger partial charge in [-0.05, 0) is 24.3 Å². The second kappa shape index (κ2) is 2.91. The highest BCUT2D eigenvalue weighted by Crippen LogP contribution is 2.29. The molecule has 1 aliphatic heterocycles. The molecule has 0 saturated carbocycles. The van der Waals surface area contributed by atoms with Crippen molar-refractivity contribution in [3.63, 3.8) is 0 Å². The SMILES string of the molecule is CC[C@@H]1CNCC(C)(C)C1. The average molecular weight is 141 g/mol. The Labute approximate surface area is 64.2 Å². The van der Waals surface area contributed by atoms with Crippen molar-refractivity contribution < 1.29 is 0 Å². The van der Waals surface area contributed by atoms with Crippen LogP contribution in [0.15, 0.2) is 0 Å². The minimum absolute atomic E-state index is 0.541. The van der Waals surface area contributed by atoms with Crippen molar-refractivity contribution in [3.05, 3.63) is 0 Å². The lowest BCUT2D eigenvalue weighted by molar-refractivity contribution is 0.197. The van der Waals surface area contributed by atoms with Crippen LogP contribution in [-0.2, 0) is 0 Å². The van der Waals surface area contributed by atoms with Gasteiger partial charge < -0.3 is 5.32 Å². The number of nitrogens with one attached hydrogen (secondary N) is 1. The maximum absolute atomic E-state index is 3.48. The molecule has 0 bridgehead atoms. The van der Waals surface area contributed by atoms with Gasteiger partial charge in [-0.1, -0.05) is 27.2 Å². The van der Waals surface area contributed by atoms with E-state index < -0.39 is 0 Å². The molecule has 0 aromatic carbocycles. The van der Waals surface area contributed by atoms with Gasteiger partial charge in [-0.25, -0.2) is 0 Å². The minimum Gasteiger partial charge on any atom is -0.316 e. The van der Waals surface area contributed by atoms with Crippen LogP contribution >= 0.6 is 0 Å². The number of rotatable bonds is 1. The van der Waals surface area contributed by atoms with Crippen LogP contribution in [0.25, 0.3) is 0 Å². The summed E-state index contributed by atoms with van der Waals surface area (Å²) in [5, 5.41) is 3.48. The lowest BCUT2D eigenvalue weighted by Gasteiger charge is -2.35. The molecule has 0 amide bonds. The van der Waals surface area contributed by atoms with Crippen LogP contribution in [0.3, 0.4) is 0 Å². The van der Waals surface area contributed by atoms with Gasteiger partial charge in [0.25, 0.3) is 0 Å². The molecule has 1 fully saturated rings. The van der Waals surface area contributed by atoms with Crippen molar-refractivity contribution in [2.45, 2.75) is 33.6 Å². The largest absolute Gasteiger partial charge is 0.316 e. The van der Waals surface area contributed by atoms with E-state index in [4.69, 9.17) is 0 Å². The first-order chi connectivity index (χ1) is 4.64. The summed E-state index contributed by atoms with van der Waals surface area (Å²) in [5.74, 6) is 0.920. The molecule has 0 aromatic heterocycles. The second-order valence-corrected chi connectivity index (χ2v) is 4.27. The summed E-state index contributed by atoms with van der Waals surface area (Å²) in [6.45, 7) is 9.42. The molecular formula is C9H19N. The van der Waals surface area contributed by atoms with Crippen LogP contribution in [0.5, 0.6) is 0 Å². The Kier molecular flexibility index (Phi) is 2.35. The summed E-state index contributed by atoms with van der Waals surface area (Å²) in [7, 11) is 0. The highest BCUT2D eigenvalue weighted by atomic mass is 14.9. The third kappa shape index (κ3) is 1.98. The molecule has 1 atom stereocenters. The Hall–Kier alpha value is -0.0400. The molecule has 1 heterocycles. The van der Waals surface area contributed by atoms with Crippen LogP contribution in [0, 0.1) is 11.3 Å². The Balaban J connectivity index is 2.40. The molecule has 0 spiro atoms. The highest BCUT2D eigenvalue weighted by Gasteiger charge is 2.26. The molecule has 0 radical (unpaired) electrons. The van der Waals surface area contributed by atoms with Gasteiger partial charge in [0.1, 0.15) is 0 Å². The molecule has 1 N–H and O–H groups in total. The van der Waals surface area contributed by atoms with Crippen molar-refractivity contribution >= 4 is 0 Å². The van der Waals surface area contributed by atoms with E-state index in [0.29, 0.717) is 5.41 Å². The topological polar surface area (TPSA) is 12.0 Å². The van der Waals surface area contributed by atoms with Gasteiger partial charge in [-0.2, -0.15) is 0 Å². The zero-order valence-corrected chi connectivity index (χ0v) is 7.41. The van der Waals surface area contributed by atoms with E-state index in [1.54, 1.807) is 0 Å². The normalized spacial score (nSPS) is 32.1. The Morgan fingerprint density at radius 3 is 2.60 bits per heavy atom. The van der Waals surface area contributed by atoms with Crippen LogP contribution in [0.1, 0.15) is 33.6 Å². The smallest absolute Gasteiger partial charge is 0.000274 e. The average Bonchev–Trinajstić information content (AvgIpc) is 1.86. The van der Waals surface area contributed by atoms with Crippen LogP contribution < -0.4 is 5.32 Å². The number of hydrogen-bond donors (Lipinski definition) is 1. The van der Waals surface area contributed by atoms with Gasteiger partial charge in [0.15, 0.2) is 0 Å². The van der Waals surface area contributed by atoms with Crippen molar-refractivity contribution in [3.8, 4) is 0 Å². The zero-order chi connectivity index (χ0) is 7.61. The monoisotopic (exact) mass is 141 g/mol. The van der Waals surface area contributed by atoms with Gasteiger partial charge in [0.05, 0.1) is 0 Å². The van der Waals surface area contributed by atoms with E-state index in [9.17, 15) is 0 Å². The Bertz CT molecular complexity index is 107. The Morgan fingerprint density at radius 2 is 2.20 bits per heavy atom. The standard InChI is InChI=1S/C9H19N/c1-4-8-5-9(2,3)7-10-6-8/h8,10H,4-7H2,1-3H3/t8-/m0/s1. The summed E-state index contributed by atoms with van der Waals surface area (Å²) < 4.78 is 0. The predicted molar refractivity (Wildman–Crippen MR) is 45.0 cm³/mol. The summed E-state index contributed by atoms with van der Waals surface area (Å²) in [4.78, 5) is 0. The maximum Gasteiger partial charge on any atom is 0.000274 e. The van der Waals surface area contributed by atoms with E-state index in [2.05, 4.69) is 26.1 Å². The van der Waals surface area contributed by atoms with E-state index in [-0.39, 0.29) is 0 Å². The lowest BCUT2D eigenvalue weighted by atomic mass is 9.79. The molecule has 1 rings (SSSR count). The third-order valence-corrected chi connectivity index (χ3v) is 2.46. The molecule has 0 aromatic rings. The molecule has 0 aliphatic carbocycles. The lowest BCUT2D eigenvalue weighted by Crippen LogP contribution is -2.40. The van der Waals surface area contributed by atoms with Crippen molar-refractivity contribution in [1.29, 1.82) is 0 Å². The summed E-state index contributed by atoms with van der Waals surface area (Å²) in [6, 6.07) is 0. The quantitative estimate of drug-likeness (QED) is 0.589. The van der Waals surface area contributed by atoms with Gasteiger partial charge in [0.2, 0.25) is 0 Å². The van der Waals surface area contributed by atoms with Crippen LogP contribution in [0.4, 0.5) is 0 Å². The molecular weight excluding hydrogens is 122 g/mol. The third-order valence-electron chi connectivity index (χ3n) is 2.46. The summed E-state index contributed by atoms with van der Waals surface area (Å²) in [6.07, 6.45) is 2.73. The summed E-state index contributed by atoms with van der Waals surface area (Å²) >= 11 is 0. The first kappa shape index (κ1) is 8.06. The van der Waals surface area contributed by atoms with Gasteiger partial charge >= 0.3 is 0 Å². The van der Waals surface area contributed by atoms with E-state index in [1.807, 2.05) is 0 Å². The van der Waals surface area contributed by atoms with Gasteiger partial charge in [0, 0.05) is 6.54 Å². The van der Waals surface area contributed by atoms with E-state index in [1.165, 1.54) is 25.9 Å². The van der Waals surface area contributed by atoms with Crippen molar-refractivity contribution in [1.82, 2.24) is 5.32 Å². The molecule has 1 saturated heterocycles. The van der Waals surface area contributed by atoms with Gasteiger partial charge in [-0.15, -0.1) is 0 Å². The molecule has 60 valence electrons. The van der Waals surface area contributed by atoms with Crippen LogP contribution in [-0.4, -0.2) is 13.1 Å². The van der Waals surface area contributed by atoms with Crippen molar-refractivity contribution in [2.75, 3.05) is 13.1 Å². The fourth-order valence-electron chi connectivity index (χ4n) is 1.83. The zero-order valence-electron chi connectivity index (χ0n) is 7.41. The molecule has 10 heavy (non-hydrogen) atoms. The number of hydrogen-bond acceptors (Lipinski definition) is 1. The Morgan fingerprint density at radius 1 is 1.50 bits per heavy atom. The molecule has 1 aliphatic rings. The number of piperidine rings is 1. The first-order valence-corrected chi connectivity index (χ1v) is 4.35. The maximum atomic E-state index is 3.48. The molecule has 1 heteroatoms. The first-order valence-electron chi connectivity index (χ1n) is 4.35. The fraction of sp³-hybridized carbons (Fsp3) is 1.00. The molecule has 0 unspecified atom stereocenters. The van der Waals surface area contributed by atoms with Gasteiger partial charge in [-0.3, -0.25) is 0 Å². The second-order valence-electron chi connectivity index (χ2n) is 4.27. The minimum atomic E-state index is 0.541. The predicted octanol–water partition coefficient (Wildman–Crippen LogP) is 2.03. The summed E-state index contributed by atoms with van der Waals surface area (Å²) in [5.41, 5.74) is 0.541. The van der Waals surface area contributed by atoms with Crippen molar-refractivity contribution in [2.24, 2.45) is 11.3 Å². The van der Waals surface area contributed by atoms with E-state index >= 15 is 0 Å². The van der Waals surface area contributed by atoms with E-state index in [0.717, 1.165) is 5.92 Å². The molecule has 1 nitrogen and oxygen atoms in total. The van der Waals surface area contributed by atoms with Crippen LogP contribution in [0.2, 0.25) is 0 Å².